The lowest BCUT2D eigenvalue weighted by molar-refractivity contribution is 0.862. The molecule has 0 aliphatic heterocycles. The molecule has 3 heteroatoms. The van der Waals surface area contributed by atoms with Crippen LogP contribution in [-0.4, -0.2) is 9.55 Å². The van der Waals surface area contributed by atoms with Crippen LogP contribution < -0.4 is 0 Å². The SMILES string of the molecule is C=CCn1c(-c2ccc(Cl)cc2)nc2ccccc21. The van der Waals surface area contributed by atoms with Crippen LogP contribution in [0.4, 0.5) is 0 Å². The van der Waals surface area contributed by atoms with E-state index < -0.39 is 0 Å². The molecule has 0 bridgehead atoms. The highest BCUT2D eigenvalue weighted by molar-refractivity contribution is 6.30. The molecule has 2 aromatic carbocycles. The first-order valence-electron chi connectivity index (χ1n) is 6.11. The third-order valence-corrected chi connectivity index (χ3v) is 3.32. The van der Waals surface area contributed by atoms with Crippen LogP contribution in [-0.2, 0) is 6.54 Å². The highest BCUT2D eigenvalue weighted by Crippen LogP contribution is 2.25. The molecule has 2 nitrogen and oxygen atoms in total. The number of hydrogen-bond donors (Lipinski definition) is 0. The van der Waals surface area contributed by atoms with Crippen LogP contribution in [0.1, 0.15) is 0 Å². The highest BCUT2D eigenvalue weighted by Gasteiger charge is 2.10. The molecule has 19 heavy (non-hydrogen) atoms. The van der Waals surface area contributed by atoms with E-state index in [0.29, 0.717) is 0 Å². The van der Waals surface area contributed by atoms with Gasteiger partial charge >= 0.3 is 0 Å². The van der Waals surface area contributed by atoms with Gasteiger partial charge in [0.05, 0.1) is 11.0 Å². The maximum atomic E-state index is 5.94. The Kier molecular flexibility index (Phi) is 3.10. The average molecular weight is 269 g/mol. The summed E-state index contributed by atoms with van der Waals surface area (Å²) in [6.45, 7) is 4.56. The van der Waals surface area contributed by atoms with Crippen LogP contribution >= 0.6 is 11.6 Å². The number of para-hydroxylation sites is 2. The number of fused-ring (bicyclic) bond motifs is 1. The first-order valence-corrected chi connectivity index (χ1v) is 6.49. The van der Waals surface area contributed by atoms with E-state index in [1.54, 1.807) is 0 Å². The van der Waals surface area contributed by atoms with E-state index in [1.165, 1.54) is 0 Å². The van der Waals surface area contributed by atoms with Gasteiger partial charge < -0.3 is 4.57 Å². The molecule has 0 aliphatic rings. The molecule has 0 radical (unpaired) electrons. The summed E-state index contributed by atoms with van der Waals surface area (Å²) < 4.78 is 2.16. The predicted octanol–water partition coefficient (Wildman–Crippen LogP) is 4.54. The first-order chi connectivity index (χ1) is 9.29. The number of nitrogens with zero attached hydrogens (tertiary/aromatic N) is 2. The molecule has 0 spiro atoms. The minimum Gasteiger partial charge on any atom is -0.320 e. The van der Waals surface area contributed by atoms with Crippen molar-refractivity contribution in [3.05, 3.63) is 66.2 Å². The molecule has 1 heterocycles. The second-order valence-electron chi connectivity index (χ2n) is 4.33. The van der Waals surface area contributed by atoms with Gasteiger partial charge in [-0.3, -0.25) is 0 Å². The van der Waals surface area contributed by atoms with Crippen molar-refractivity contribution in [2.45, 2.75) is 6.54 Å². The summed E-state index contributed by atoms with van der Waals surface area (Å²) >= 11 is 5.94. The van der Waals surface area contributed by atoms with Gasteiger partial charge in [0.15, 0.2) is 0 Å². The molecular formula is C16H13ClN2. The monoisotopic (exact) mass is 268 g/mol. The largest absolute Gasteiger partial charge is 0.320 e. The summed E-state index contributed by atoms with van der Waals surface area (Å²) in [6.07, 6.45) is 1.88. The Morgan fingerprint density at radius 1 is 1.11 bits per heavy atom. The number of hydrogen-bond acceptors (Lipinski definition) is 1. The fourth-order valence-corrected chi connectivity index (χ4v) is 2.33. The number of aromatic nitrogens is 2. The topological polar surface area (TPSA) is 17.8 Å². The van der Waals surface area contributed by atoms with Crippen molar-refractivity contribution in [1.29, 1.82) is 0 Å². The van der Waals surface area contributed by atoms with Crippen molar-refractivity contribution in [2.75, 3.05) is 0 Å². The van der Waals surface area contributed by atoms with Gasteiger partial charge in [0.25, 0.3) is 0 Å². The van der Waals surface area contributed by atoms with Gasteiger partial charge in [-0.1, -0.05) is 29.8 Å². The Morgan fingerprint density at radius 2 is 1.84 bits per heavy atom. The summed E-state index contributed by atoms with van der Waals surface area (Å²) in [5.74, 6) is 0.942. The van der Waals surface area contributed by atoms with Gasteiger partial charge in [-0.05, 0) is 36.4 Å². The van der Waals surface area contributed by atoms with Crippen molar-refractivity contribution in [2.24, 2.45) is 0 Å². The fourth-order valence-electron chi connectivity index (χ4n) is 2.21. The van der Waals surface area contributed by atoms with Gasteiger partial charge in [0.2, 0.25) is 0 Å². The number of rotatable bonds is 3. The normalized spacial score (nSPS) is 10.8. The summed E-state index contributed by atoms with van der Waals surface area (Å²) in [5.41, 5.74) is 3.17. The molecule has 0 atom stereocenters. The zero-order valence-electron chi connectivity index (χ0n) is 10.4. The maximum Gasteiger partial charge on any atom is 0.141 e. The van der Waals surface area contributed by atoms with E-state index in [1.807, 2.05) is 48.5 Å². The Hall–Kier alpha value is -2.06. The summed E-state index contributed by atoms with van der Waals surface area (Å²) in [5, 5.41) is 0.732. The molecule has 0 unspecified atom stereocenters. The van der Waals surface area contributed by atoms with Gasteiger partial charge in [-0.25, -0.2) is 4.98 Å². The molecule has 0 saturated heterocycles. The Bertz CT molecular complexity index is 726. The molecular weight excluding hydrogens is 256 g/mol. The second-order valence-corrected chi connectivity index (χ2v) is 4.77. The maximum absolute atomic E-state index is 5.94. The molecule has 0 saturated carbocycles. The summed E-state index contributed by atoms with van der Waals surface area (Å²) in [7, 11) is 0. The molecule has 0 aliphatic carbocycles. The lowest BCUT2D eigenvalue weighted by Crippen LogP contribution is -1.98. The molecule has 3 rings (SSSR count). The van der Waals surface area contributed by atoms with Crippen LogP contribution in [0, 0.1) is 0 Å². The molecule has 0 N–H and O–H groups in total. The van der Waals surface area contributed by atoms with Crippen LogP contribution in [0.15, 0.2) is 61.2 Å². The van der Waals surface area contributed by atoms with E-state index in [-0.39, 0.29) is 0 Å². The van der Waals surface area contributed by atoms with E-state index in [2.05, 4.69) is 17.2 Å². The molecule has 94 valence electrons. The molecule has 1 aromatic heterocycles. The number of benzene rings is 2. The van der Waals surface area contributed by atoms with Gasteiger partial charge in [0, 0.05) is 17.1 Å². The third kappa shape index (κ3) is 2.15. The van der Waals surface area contributed by atoms with Crippen molar-refractivity contribution >= 4 is 22.6 Å². The van der Waals surface area contributed by atoms with E-state index in [4.69, 9.17) is 16.6 Å². The van der Waals surface area contributed by atoms with E-state index >= 15 is 0 Å². The van der Waals surface area contributed by atoms with Crippen molar-refractivity contribution in [1.82, 2.24) is 9.55 Å². The van der Waals surface area contributed by atoms with Crippen molar-refractivity contribution in [3.8, 4) is 11.4 Å². The Labute approximate surface area is 117 Å². The zero-order chi connectivity index (χ0) is 13.2. The number of imidazole rings is 1. The zero-order valence-corrected chi connectivity index (χ0v) is 11.1. The highest BCUT2D eigenvalue weighted by atomic mass is 35.5. The average Bonchev–Trinajstić information content (AvgIpc) is 2.79. The Morgan fingerprint density at radius 3 is 2.58 bits per heavy atom. The van der Waals surface area contributed by atoms with E-state index in [9.17, 15) is 0 Å². The van der Waals surface area contributed by atoms with Crippen LogP contribution in [0.5, 0.6) is 0 Å². The standard InChI is InChI=1S/C16H13ClN2/c1-2-11-19-15-6-4-3-5-14(15)18-16(19)12-7-9-13(17)10-8-12/h2-10H,1,11H2. The van der Waals surface area contributed by atoms with Gasteiger partial charge in [-0.2, -0.15) is 0 Å². The number of halogens is 1. The quantitative estimate of drug-likeness (QED) is 0.638. The fraction of sp³-hybridized carbons (Fsp3) is 0.0625. The lowest BCUT2D eigenvalue weighted by Gasteiger charge is -2.06. The third-order valence-electron chi connectivity index (χ3n) is 3.07. The summed E-state index contributed by atoms with van der Waals surface area (Å²) in [4.78, 5) is 4.70. The minimum absolute atomic E-state index is 0.732. The lowest BCUT2D eigenvalue weighted by atomic mass is 10.2. The van der Waals surface area contributed by atoms with Gasteiger partial charge in [0.1, 0.15) is 5.82 Å². The van der Waals surface area contributed by atoms with Gasteiger partial charge in [-0.15, -0.1) is 6.58 Å². The van der Waals surface area contributed by atoms with Crippen LogP contribution in [0.25, 0.3) is 22.4 Å². The van der Waals surface area contributed by atoms with Crippen molar-refractivity contribution in [3.63, 3.8) is 0 Å². The first kappa shape index (κ1) is 12.0. The molecule has 0 fully saturated rings. The smallest absolute Gasteiger partial charge is 0.141 e. The predicted molar refractivity (Wildman–Crippen MR) is 80.4 cm³/mol. The molecule has 0 amide bonds. The van der Waals surface area contributed by atoms with E-state index in [0.717, 1.165) is 34.0 Å². The second kappa shape index (κ2) is 4.90. The summed E-state index contributed by atoms with van der Waals surface area (Å²) in [6, 6.07) is 15.9. The van der Waals surface area contributed by atoms with Crippen LogP contribution in [0.2, 0.25) is 5.02 Å². The van der Waals surface area contributed by atoms with Crippen molar-refractivity contribution < 1.29 is 0 Å². The van der Waals surface area contributed by atoms with Crippen LogP contribution in [0.3, 0.4) is 0 Å². The minimum atomic E-state index is 0.732. The Balaban J connectivity index is 2.24. The molecule has 3 aromatic rings. The number of allylic oxidation sites excluding steroid dienone is 1.